The quantitative estimate of drug-likeness (QED) is 0.688. The minimum absolute atomic E-state index is 0.241. The SMILES string of the molecule is O=C(c1ccc(Cl)c(Cl)c1)c1ccc(F)c(Br)c1. The molecular weight excluding hydrogens is 342 g/mol. The first-order chi connectivity index (χ1) is 8.49. The van der Waals surface area contributed by atoms with Crippen LogP contribution in [-0.4, -0.2) is 5.78 Å². The lowest BCUT2D eigenvalue weighted by atomic mass is 10.0. The maximum absolute atomic E-state index is 13.1. The number of carbonyl (C=O) groups is 1. The van der Waals surface area contributed by atoms with Gasteiger partial charge in [0.25, 0.3) is 0 Å². The molecule has 5 heteroatoms. The van der Waals surface area contributed by atoms with Gasteiger partial charge in [0, 0.05) is 11.1 Å². The van der Waals surface area contributed by atoms with Gasteiger partial charge in [-0.3, -0.25) is 4.79 Å². The van der Waals surface area contributed by atoms with E-state index >= 15 is 0 Å². The highest BCUT2D eigenvalue weighted by Crippen LogP contribution is 2.25. The molecule has 2 aromatic carbocycles. The molecule has 2 aromatic rings. The third-order valence-corrected chi connectivity index (χ3v) is 3.71. The molecular formula is C13H6BrCl2FO. The summed E-state index contributed by atoms with van der Waals surface area (Å²) < 4.78 is 13.3. The standard InChI is InChI=1S/C13H6BrCl2FO/c14-9-5-7(2-4-12(9)17)13(18)8-1-3-10(15)11(16)6-8/h1-6H. The molecule has 0 bridgehead atoms. The van der Waals surface area contributed by atoms with Gasteiger partial charge >= 0.3 is 0 Å². The van der Waals surface area contributed by atoms with Crippen molar-refractivity contribution in [2.45, 2.75) is 0 Å². The van der Waals surface area contributed by atoms with Crippen molar-refractivity contribution >= 4 is 44.9 Å². The van der Waals surface area contributed by atoms with Crippen LogP contribution >= 0.6 is 39.1 Å². The molecule has 0 amide bonds. The molecule has 0 aliphatic rings. The van der Waals surface area contributed by atoms with Crippen LogP contribution in [0.5, 0.6) is 0 Å². The number of benzene rings is 2. The number of rotatable bonds is 2. The Morgan fingerprint density at radius 2 is 1.61 bits per heavy atom. The van der Waals surface area contributed by atoms with Crippen LogP contribution in [0.15, 0.2) is 40.9 Å². The van der Waals surface area contributed by atoms with E-state index in [9.17, 15) is 9.18 Å². The minimum Gasteiger partial charge on any atom is -0.289 e. The van der Waals surface area contributed by atoms with Crippen LogP contribution in [0.2, 0.25) is 10.0 Å². The van der Waals surface area contributed by atoms with Crippen molar-refractivity contribution in [1.29, 1.82) is 0 Å². The van der Waals surface area contributed by atoms with Crippen LogP contribution in [0.3, 0.4) is 0 Å². The molecule has 0 aromatic heterocycles. The van der Waals surface area contributed by atoms with Gasteiger partial charge in [-0.2, -0.15) is 0 Å². The second kappa shape index (κ2) is 5.39. The summed E-state index contributed by atoms with van der Waals surface area (Å²) in [4.78, 5) is 12.1. The van der Waals surface area contributed by atoms with E-state index in [1.54, 1.807) is 12.1 Å². The molecule has 0 unspecified atom stereocenters. The average Bonchev–Trinajstić information content (AvgIpc) is 2.35. The molecule has 0 heterocycles. The van der Waals surface area contributed by atoms with Gasteiger partial charge in [0.2, 0.25) is 0 Å². The molecule has 0 fully saturated rings. The van der Waals surface area contributed by atoms with E-state index in [0.717, 1.165) is 0 Å². The fraction of sp³-hybridized carbons (Fsp3) is 0. The Morgan fingerprint density at radius 3 is 2.22 bits per heavy atom. The molecule has 0 aliphatic carbocycles. The van der Waals surface area contributed by atoms with Crippen LogP contribution in [0.25, 0.3) is 0 Å². The van der Waals surface area contributed by atoms with Crippen LogP contribution < -0.4 is 0 Å². The summed E-state index contributed by atoms with van der Waals surface area (Å²) in [6.07, 6.45) is 0. The second-order valence-electron chi connectivity index (χ2n) is 3.59. The van der Waals surface area contributed by atoms with E-state index in [4.69, 9.17) is 23.2 Å². The topological polar surface area (TPSA) is 17.1 Å². The van der Waals surface area contributed by atoms with E-state index < -0.39 is 5.82 Å². The Morgan fingerprint density at radius 1 is 1.00 bits per heavy atom. The molecule has 1 nitrogen and oxygen atoms in total. The molecule has 0 saturated carbocycles. The van der Waals surface area contributed by atoms with Crippen molar-refractivity contribution in [2.75, 3.05) is 0 Å². The lowest BCUT2D eigenvalue weighted by Crippen LogP contribution is -2.01. The average molecular weight is 348 g/mol. The largest absolute Gasteiger partial charge is 0.289 e. The smallest absolute Gasteiger partial charge is 0.193 e. The van der Waals surface area contributed by atoms with Crippen LogP contribution in [0.4, 0.5) is 4.39 Å². The zero-order valence-electron chi connectivity index (χ0n) is 8.88. The van der Waals surface area contributed by atoms with E-state index in [1.165, 1.54) is 24.3 Å². The molecule has 0 spiro atoms. The highest BCUT2D eigenvalue weighted by Gasteiger charge is 2.12. The van der Waals surface area contributed by atoms with Crippen molar-refractivity contribution in [3.8, 4) is 0 Å². The normalized spacial score (nSPS) is 10.4. The Bertz CT molecular complexity index is 575. The van der Waals surface area contributed by atoms with E-state index in [1.807, 2.05) is 0 Å². The lowest BCUT2D eigenvalue weighted by molar-refractivity contribution is 0.103. The van der Waals surface area contributed by atoms with Crippen molar-refractivity contribution in [3.63, 3.8) is 0 Å². The summed E-state index contributed by atoms with van der Waals surface area (Å²) in [5, 5.41) is 0.692. The van der Waals surface area contributed by atoms with Gasteiger partial charge in [-0.1, -0.05) is 23.2 Å². The maximum atomic E-state index is 13.1. The summed E-state index contributed by atoms with van der Waals surface area (Å²) in [6, 6.07) is 8.70. The number of carbonyl (C=O) groups excluding carboxylic acids is 1. The molecule has 0 radical (unpaired) electrons. The Kier molecular flexibility index (Phi) is 4.05. The monoisotopic (exact) mass is 346 g/mol. The first kappa shape index (κ1) is 13.5. The Hall–Kier alpha value is -0.900. The first-order valence-electron chi connectivity index (χ1n) is 4.94. The molecule has 0 N–H and O–H groups in total. The molecule has 18 heavy (non-hydrogen) atoms. The molecule has 92 valence electrons. The molecule has 2 rings (SSSR count). The van der Waals surface area contributed by atoms with Crippen molar-refractivity contribution in [1.82, 2.24) is 0 Å². The minimum atomic E-state index is -0.416. The van der Waals surface area contributed by atoms with Gasteiger partial charge in [0.15, 0.2) is 5.78 Å². The van der Waals surface area contributed by atoms with Crippen LogP contribution in [0, 0.1) is 5.82 Å². The van der Waals surface area contributed by atoms with Gasteiger partial charge in [-0.25, -0.2) is 4.39 Å². The summed E-state index contributed by atoms with van der Waals surface area (Å²) >= 11 is 14.7. The predicted octanol–water partition coefficient (Wildman–Crippen LogP) is 5.13. The zero-order valence-corrected chi connectivity index (χ0v) is 12.0. The number of hydrogen-bond donors (Lipinski definition) is 0. The van der Waals surface area contributed by atoms with E-state index in [2.05, 4.69) is 15.9 Å². The third-order valence-electron chi connectivity index (χ3n) is 2.36. The van der Waals surface area contributed by atoms with Gasteiger partial charge < -0.3 is 0 Å². The summed E-state index contributed by atoms with van der Waals surface area (Å²) in [5.74, 6) is -0.657. The summed E-state index contributed by atoms with van der Waals surface area (Å²) in [6.45, 7) is 0. The van der Waals surface area contributed by atoms with Gasteiger partial charge in [-0.15, -0.1) is 0 Å². The highest BCUT2D eigenvalue weighted by atomic mass is 79.9. The van der Waals surface area contributed by atoms with Crippen LogP contribution in [0.1, 0.15) is 15.9 Å². The Labute approximate surface area is 122 Å². The maximum Gasteiger partial charge on any atom is 0.193 e. The fourth-order valence-electron chi connectivity index (χ4n) is 1.44. The first-order valence-corrected chi connectivity index (χ1v) is 6.49. The zero-order chi connectivity index (χ0) is 13.3. The van der Waals surface area contributed by atoms with Gasteiger partial charge in [-0.05, 0) is 52.3 Å². The number of hydrogen-bond acceptors (Lipinski definition) is 1. The van der Waals surface area contributed by atoms with Crippen molar-refractivity contribution < 1.29 is 9.18 Å². The molecule has 0 saturated heterocycles. The highest BCUT2D eigenvalue weighted by molar-refractivity contribution is 9.10. The van der Waals surface area contributed by atoms with Crippen molar-refractivity contribution in [3.05, 3.63) is 67.9 Å². The molecule has 0 atom stereocenters. The Balaban J connectivity index is 2.41. The second-order valence-corrected chi connectivity index (χ2v) is 5.26. The third kappa shape index (κ3) is 2.74. The number of halogens is 4. The fourth-order valence-corrected chi connectivity index (χ4v) is 2.12. The van der Waals surface area contributed by atoms with Crippen LogP contribution in [-0.2, 0) is 0 Å². The number of ketones is 1. The van der Waals surface area contributed by atoms with Gasteiger partial charge in [0.05, 0.1) is 14.5 Å². The summed E-state index contributed by atoms with van der Waals surface area (Å²) in [7, 11) is 0. The predicted molar refractivity (Wildman–Crippen MR) is 74.0 cm³/mol. The van der Waals surface area contributed by atoms with Gasteiger partial charge in [0.1, 0.15) is 5.82 Å². The van der Waals surface area contributed by atoms with E-state index in [0.29, 0.717) is 21.2 Å². The lowest BCUT2D eigenvalue weighted by Gasteiger charge is -2.04. The van der Waals surface area contributed by atoms with E-state index in [-0.39, 0.29) is 10.3 Å². The summed E-state index contributed by atoms with van der Waals surface area (Å²) in [5.41, 5.74) is 0.782. The van der Waals surface area contributed by atoms with Crippen molar-refractivity contribution in [2.24, 2.45) is 0 Å². The molecule has 0 aliphatic heterocycles.